The molecule has 0 aromatic carbocycles. The van der Waals surface area contributed by atoms with Crippen molar-refractivity contribution in [3.63, 3.8) is 0 Å². The van der Waals surface area contributed by atoms with Crippen LogP contribution in [0.15, 0.2) is 0 Å². The summed E-state index contributed by atoms with van der Waals surface area (Å²) in [5.74, 6) is 1.93. The molecule has 0 fully saturated rings. The maximum atomic E-state index is 4.46. The van der Waals surface area contributed by atoms with Gasteiger partial charge in [0.25, 0.3) is 0 Å². The lowest BCUT2D eigenvalue weighted by atomic mass is 9.95. The third-order valence-electron chi connectivity index (χ3n) is 1.90. The Kier molecular flexibility index (Phi) is 2.46. The Balaban J connectivity index is 3.20. The summed E-state index contributed by atoms with van der Waals surface area (Å²) in [6.07, 6.45) is 0. The summed E-state index contributed by atoms with van der Waals surface area (Å²) in [6.45, 7) is 12.7. The van der Waals surface area contributed by atoms with E-state index in [9.17, 15) is 0 Å². The standard InChI is InChI=1S/C10H19N3/c1-7(2)13-9(10(4,5)6)11-8(3)12-13/h7H,1-6H3. The van der Waals surface area contributed by atoms with Crippen molar-refractivity contribution in [2.75, 3.05) is 0 Å². The fourth-order valence-corrected chi connectivity index (χ4v) is 1.30. The van der Waals surface area contributed by atoms with Gasteiger partial charge in [0.2, 0.25) is 0 Å². The predicted octanol–water partition coefficient (Wildman–Crippen LogP) is 2.46. The highest BCUT2D eigenvalue weighted by Crippen LogP contribution is 2.22. The molecule has 0 saturated carbocycles. The van der Waals surface area contributed by atoms with E-state index in [4.69, 9.17) is 0 Å². The molecule has 0 radical (unpaired) electrons. The molecule has 0 aliphatic carbocycles. The van der Waals surface area contributed by atoms with E-state index in [0.717, 1.165) is 11.6 Å². The van der Waals surface area contributed by atoms with Crippen LogP contribution < -0.4 is 0 Å². The van der Waals surface area contributed by atoms with Gasteiger partial charge in [0.15, 0.2) is 0 Å². The molecule has 0 aliphatic rings. The van der Waals surface area contributed by atoms with Crippen molar-refractivity contribution < 1.29 is 0 Å². The normalized spacial score (nSPS) is 12.5. The molecule has 0 N–H and O–H groups in total. The first kappa shape index (κ1) is 10.2. The van der Waals surface area contributed by atoms with Crippen molar-refractivity contribution in [1.82, 2.24) is 14.8 Å². The molecule has 0 saturated heterocycles. The van der Waals surface area contributed by atoms with Crippen molar-refractivity contribution in [1.29, 1.82) is 0 Å². The Bertz CT molecular complexity index is 292. The molecule has 1 heterocycles. The van der Waals surface area contributed by atoms with Crippen molar-refractivity contribution >= 4 is 0 Å². The minimum absolute atomic E-state index is 0.0749. The fourth-order valence-electron chi connectivity index (χ4n) is 1.30. The van der Waals surface area contributed by atoms with Crippen LogP contribution in [0.2, 0.25) is 0 Å². The van der Waals surface area contributed by atoms with Crippen molar-refractivity contribution in [2.24, 2.45) is 0 Å². The molecule has 3 heteroatoms. The van der Waals surface area contributed by atoms with Crippen molar-refractivity contribution in [3.05, 3.63) is 11.6 Å². The Morgan fingerprint density at radius 2 is 1.77 bits per heavy atom. The van der Waals surface area contributed by atoms with Crippen LogP contribution in [-0.2, 0) is 5.41 Å². The number of nitrogens with zero attached hydrogens (tertiary/aromatic N) is 3. The minimum atomic E-state index is 0.0749. The van der Waals surface area contributed by atoms with Gasteiger partial charge in [-0.25, -0.2) is 9.67 Å². The second-order valence-electron chi connectivity index (χ2n) is 4.77. The molecule has 0 amide bonds. The van der Waals surface area contributed by atoms with E-state index in [0.29, 0.717) is 6.04 Å². The monoisotopic (exact) mass is 181 g/mol. The van der Waals surface area contributed by atoms with Gasteiger partial charge >= 0.3 is 0 Å². The van der Waals surface area contributed by atoms with Crippen LogP contribution in [0.1, 0.15) is 52.3 Å². The first-order valence-corrected chi connectivity index (χ1v) is 4.76. The Labute approximate surface area is 80.2 Å². The number of hydrogen-bond donors (Lipinski definition) is 0. The van der Waals surface area contributed by atoms with Crippen molar-refractivity contribution in [3.8, 4) is 0 Å². The predicted molar refractivity (Wildman–Crippen MR) is 53.8 cm³/mol. The van der Waals surface area contributed by atoms with Crippen LogP contribution in [0.25, 0.3) is 0 Å². The molecule has 0 bridgehead atoms. The van der Waals surface area contributed by atoms with Gasteiger partial charge in [0.05, 0.1) is 0 Å². The summed E-state index contributed by atoms with van der Waals surface area (Å²) in [7, 11) is 0. The molecule has 0 spiro atoms. The lowest BCUT2D eigenvalue weighted by Crippen LogP contribution is -2.20. The molecule has 0 aliphatic heterocycles. The lowest BCUT2D eigenvalue weighted by molar-refractivity contribution is 0.436. The minimum Gasteiger partial charge on any atom is -0.247 e. The molecular formula is C10H19N3. The van der Waals surface area contributed by atoms with Gasteiger partial charge in [-0.05, 0) is 20.8 Å². The fraction of sp³-hybridized carbons (Fsp3) is 0.800. The van der Waals surface area contributed by atoms with Gasteiger partial charge in [-0.15, -0.1) is 0 Å². The van der Waals surface area contributed by atoms with Crippen LogP contribution in [0.5, 0.6) is 0 Å². The average molecular weight is 181 g/mol. The summed E-state index contributed by atoms with van der Waals surface area (Å²) < 4.78 is 2.01. The maximum Gasteiger partial charge on any atom is 0.147 e. The van der Waals surface area contributed by atoms with E-state index in [1.165, 1.54) is 0 Å². The number of aryl methyl sites for hydroxylation is 1. The van der Waals surface area contributed by atoms with Gasteiger partial charge in [-0.2, -0.15) is 5.10 Å². The Morgan fingerprint density at radius 1 is 1.23 bits per heavy atom. The highest BCUT2D eigenvalue weighted by molar-refractivity contribution is 5.04. The molecular weight excluding hydrogens is 162 g/mol. The Hall–Kier alpha value is -0.860. The van der Waals surface area contributed by atoms with Gasteiger partial charge in [0, 0.05) is 11.5 Å². The van der Waals surface area contributed by atoms with E-state index >= 15 is 0 Å². The number of hydrogen-bond acceptors (Lipinski definition) is 2. The van der Waals surface area contributed by atoms with Crippen LogP contribution in [-0.4, -0.2) is 14.8 Å². The van der Waals surface area contributed by atoms with Crippen LogP contribution in [0.4, 0.5) is 0 Å². The van der Waals surface area contributed by atoms with E-state index in [1.54, 1.807) is 0 Å². The van der Waals surface area contributed by atoms with Crippen LogP contribution >= 0.6 is 0 Å². The molecule has 1 rings (SSSR count). The van der Waals surface area contributed by atoms with E-state index in [1.807, 2.05) is 11.6 Å². The third-order valence-corrected chi connectivity index (χ3v) is 1.90. The van der Waals surface area contributed by atoms with Crippen LogP contribution in [0.3, 0.4) is 0 Å². The zero-order valence-corrected chi connectivity index (χ0v) is 9.42. The van der Waals surface area contributed by atoms with Crippen LogP contribution in [0, 0.1) is 6.92 Å². The molecule has 74 valence electrons. The summed E-state index contributed by atoms with van der Waals surface area (Å²) in [6, 6.07) is 0.385. The highest BCUT2D eigenvalue weighted by atomic mass is 15.4. The first-order valence-electron chi connectivity index (χ1n) is 4.76. The summed E-state index contributed by atoms with van der Waals surface area (Å²) in [5, 5.41) is 4.38. The van der Waals surface area contributed by atoms with E-state index in [2.05, 4.69) is 44.7 Å². The molecule has 13 heavy (non-hydrogen) atoms. The second kappa shape index (κ2) is 3.13. The molecule has 1 aromatic rings. The van der Waals surface area contributed by atoms with Gasteiger partial charge in [-0.1, -0.05) is 20.8 Å². The highest BCUT2D eigenvalue weighted by Gasteiger charge is 2.22. The van der Waals surface area contributed by atoms with Gasteiger partial charge in [0.1, 0.15) is 11.6 Å². The SMILES string of the molecule is Cc1nc(C(C)(C)C)n(C(C)C)n1. The maximum absolute atomic E-state index is 4.46. The van der Waals surface area contributed by atoms with Crippen molar-refractivity contribution in [2.45, 2.75) is 53.0 Å². The number of rotatable bonds is 1. The van der Waals surface area contributed by atoms with E-state index in [-0.39, 0.29) is 5.41 Å². The smallest absolute Gasteiger partial charge is 0.147 e. The largest absolute Gasteiger partial charge is 0.247 e. The summed E-state index contributed by atoms with van der Waals surface area (Å²) in [5.41, 5.74) is 0.0749. The zero-order valence-electron chi connectivity index (χ0n) is 9.42. The second-order valence-corrected chi connectivity index (χ2v) is 4.77. The molecule has 0 atom stereocenters. The number of aromatic nitrogens is 3. The topological polar surface area (TPSA) is 30.7 Å². The van der Waals surface area contributed by atoms with Gasteiger partial charge in [-0.3, -0.25) is 0 Å². The first-order chi connectivity index (χ1) is 5.82. The third kappa shape index (κ3) is 2.08. The summed E-state index contributed by atoms with van der Waals surface area (Å²) in [4.78, 5) is 4.46. The van der Waals surface area contributed by atoms with Gasteiger partial charge < -0.3 is 0 Å². The molecule has 0 unspecified atom stereocenters. The average Bonchev–Trinajstić information content (AvgIpc) is 2.29. The van der Waals surface area contributed by atoms with E-state index < -0.39 is 0 Å². The molecule has 3 nitrogen and oxygen atoms in total. The summed E-state index contributed by atoms with van der Waals surface area (Å²) >= 11 is 0. The Morgan fingerprint density at radius 3 is 2.08 bits per heavy atom. The molecule has 1 aromatic heterocycles. The zero-order chi connectivity index (χ0) is 10.2. The lowest BCUT2D eigenvalue weighted by Gasteiger charge is -2.20. The quantitative estimate of drug-likeness (QED) is 0.666.